The maximum Gasteiger partial charge on any atom is 0.490 e. The number of carboxylic acid groups (broad SMARTS) is 1. The Morgan fingerprint density at radius 3 is 2.14 bits per heavy atom. The van der Waals surface area contributed by atoms with Gasteiger partial charge in [0.25, 0.3) is 0 Å². The molecule has 2 N–H and O–H groups in total. The minimum atomic E-state index is -5.08. The maximum absolute atomic E-state index is 10.6. The van der Waals surface area contributed by atoms with Gasteiger partial charge in [-0.1, -0.05) is 0 Å². The average Bonchev–Trinajstić information content (AvgIpc) is 2.54. The number of rotatable bonds is 1. The van der Waals surface area contributed by atoms with Crippen LogP contribution in [0.2, 0.25) is 0 Å². The SMILES string of the molecule is O=C(O)C(F)(F)F.O=CC1CCCN1. The molecule has 0 aromatic heterocycles. The van der Waals surface area contributed by atoms with Crippen molar-refractivity contribution in [2.45, 2.75) is 25.1 Å². The van der Waals surface area contributed by atoms with Crippen molar-refractivity contribution < 1.29 is 27.9 Å². The van der Waals surface area contributed by atoms with Gasteiger partial charge in [0.15, 0.2) is 0 Å². The van der Waals surface area contributed by atoms with E-state index in [1.54, 1.807) is 0 Å². The minimum absolute atomic E-state index is 0.167. The quantitative estimate of drug-likeness (QED) is 0.625. The predicted molar refractivity (Wildman–Crippen MR) is 40.8 cm³/mol. The first-order valence-corrected chi connectivity index (χ1v) is 3.86. The van der Waals surface area contributed by atoms with E-state index in [2.05, 4.69) is 5.32 Å². The maximum atomic E-state index is 10.6. The second kappa shape index (κ2) is 5.58. The minimum Gasteiger partial charge on any atom is -0.475 e. The molecule has 14 heavy (non-hydrogen) atoms. The fraction of sp³-hybridized carbons (Fsp3) is 0.714. The first-order chi connectivity index (χ1) is 6.38. The Morgan fingerprint density at radius 1 is 1.50 bits per heavy atom. The molecule has 0 saturated carbocycles. The summed E-state index contributed by atoms with van der Waals surface area (Å²) in [4.78, 5) is 18.8. The zero-order valence-electron chi connectivity index (χ0n) is 7.17. The summed E-state index contributed by atoms with van der Waals surface area (Å²) in [6.45, 7) is 1.02. The van der Waals surface area contributed by atoms with Crippen LogP contribution >= 0.6 is 0 Å². The van der Waals surface area contributed by atoms with Crippen molar-refractivity contribution in [3.05, 3.63) is 0 Å². The Bertz CT molecular complexity index is 199. The smallest absolute Gasteiger partial charge is 0.475 e. The number of aldehydes is 1. The number of carbonyl (C=O) groups excluding carboxylic acids is 1. The van der Waals surface area contributed by atoms with E-state index in [4.69, 9.17) is 9.90 Å². The van der Waals surface area contributed by atoms with Crippen molar-refractivity contribution in [2.75, 3.05) is 6.54 Å². The van der Waals surface area contributed by atoms with Gasteiger partial charge in [-0.05, 0) is 19.4 Å². The van der Waals surface area contributed by atoms with Gasteiger partial charge in [0, 0.05) is 0 Å². The highest BCUT2D eigenvalue weighted by atomic mass is 19.4. The first kappa shape index (κ1) is 12.9. The summed E-state index contributed by atoms with van der Waals surface area (Å²) in [6.07, 6.45) is -1.92. The van der Waals surface area contributed by atoms with Crippen LogP contribution in [0.1, 0.15) is 12.8 Å². The topological polar surface area (TPSA) is 66.4 Å². The molecule has 7 heteroatoms. The molecule has 0 bridgehead atoms. The number of aliphatic carboxylic acids is 1. The molecule has 1 atom stereocenters. The molecular formula is C7H10F3NO3. The summed E-state index contributed by atoms with van der Waals surface area (Å²) in [7, 11) is 0. The first-order valence-electron chi connectivity index (χ1n) is 3.86. The van der Waals surface area contributed by atoms with Crippen molar-refractivity contribution in [1.82, 2.24) is 5.32 Å². The van der Waals surface area contributed by atoms with E-state index >= 15 is 0 Å². The highest BCUT2D eigenvalue weighted by molar-refractivity contribution is 5.73. The number of hydrogen-bond donors (Lipinski definition) is 2. The van der Waals surface area contributed by atoms with E-state index in [1.165, 1.54) is 0 Å². The molecular weight excluding hydrogens is 203 g/mol. The van der Waals surface area contributed by atoms with Crippen LogP contribution in [0, 0.1) is 0 Å². The third-order valence-corrected chi connectivity index (χ3v) is 1.51. The number of carbonyl (C=O) groups is 2. The summed E-state index contributed by atoms with van der Waals surface area (Å²) in [6, 6.07) is 0.167. The molecule has 1 rings (SSSR count). The fourth-order valence-corrected chi connectivity index (χ4v) is 0.828. The average molecular weight is 213 g/mol. The number of alkyl halides is 3. The molecule has 0 spiro atoms. The summed E-state index contributed by atoms with van der Waals surface area (Å²) in [5.41, 5.74) is 0. The van der Waals surface area contributed by atoms with Crippen molar-refractivity contribution >= 4 is 12.3 Å². The van der Waals surface area contributed by atoms with Gasteiger partial charge in [0.1, 0.15) is 6.29 Å². The fourth-order valence-electron chi connectivity index (χ4n) is 0.828. The van der Waals surface area contributed by atoms with Crippen molar-refractivity contribution in [1.29, 1.82) is 0 Å². The lowest BCUT2D eigenvalue weighted by Gasteiger charge is -1.93. The number of halogens is 3. The van der Waals surface area contributed by atoms with E-state index in [0.29, 0.717) is 0 Å². The van der Waals surface area contributed by atoms with Gasteiger partial charge in [-0.3, -0.25) is 0 Å². The van der Waals surface area contributed by atoms with Gasteiger partial charge >= 0.3 is 12.1 Å². The van der Waals surface area contributed by atoms with Gasteiger partial charge in [-0.25, -0.2) is 4.79 Å². The van der Waals surface area contributed by atoms with Crippen LogP contribution in [-0.2, 0) is 9.59 Å². The Kier molecular flexibility index (Phi) is 5.14. The van der Waals surface area contributed by atoms with Crippen LogP contribution < -0.4 is 5.32 Å². The second-order valence-electron chi connectivity index (χ2n) is 2.64. The lowest BCUT2D eigenvalue weighted by molar-refractivity contribution is -0.192. The molecule has 0 aliphatic carbocycles. The van der Waals surface area contributed by atoms with Gasteiger partial charge < -0.3 is 15.2 Å². The summed E-state index contributed by atoms with van der Waals surface area (Å²) < 4.78 is 31.7. The van der Waals surface area contributed by atoms with Gasteiger partial charge in [0.2, 0.25) is 0 Å². The van der Waals surface area contributed by atoms with Crippen LogP contribution in [0.4, 0.5) is 13.2 Å². The molecule has 1 fully saturated rings. The van der Waals surface area contributed by atoms with E-state index in [1.807, 2.05) is 0 Å². The second-order valence-corrected chi connectivity index (χ2v) is 2.64. The molecule has 4 nitrogen and oxygen atoms in total. The molecule has 0 amide bonds. The Hall–Kier alpha value is -1.11. The third-order valence-electron chi connectivity index (χ3n) is 1.51. The van der Waals surface area contributed by atoms with Gasteiger partial charge in [0.05, 0.1) is 6.04 Å². The van der Waals surface area contributed by atoms with Crippen LogP contribution in [0.25, 0.3) is 0 Å². The van der Waals surface area contributed by atoms with Crippen LogP contribution in [0.3, 0.4) is 0 Å². The number of nitrogens with one attached hydrogen (secondary N) is 1. The van der Waals surface area contributed by atoms with E-state index in [9.17, 15) is 18.0 Å². The Morgan fingerprint density at radius 2 is 2.00 bits per heavy atom. The summed E-state index contributed by atoms with van der Waals surface area (Å²) >= 11 is 0. The van der Waals surface area contributed by atoms with Crippen LogP contribution in [0.5, 0.6) is 0 Å². The van der Waals surface area contributed by atoms with Crippen molar-refractivity contribution in [2.24, 2.45) is 0 Å². The zero-order chi connectivity index (χ0) is 11.2. The molecule has 0 aromatic rings. The monoisotopic (exact) mass is 213 g/mol. The van der Waals surface area contributed by atoms with E-state index in [-0.39, 0.29) is 6.04 Å². The van der Waals surface area contributed by atoms with Gasteiger partial charge in [-0.2, -0.15) is 13.2 Å². The Labute approximate surface area is 78.1 Å². The van der Waals surface area contributed by atoms with Crippen molar-refractivity contribution in [3.63, 3.8) is 0 Å². The summed E-state index contributed by atoms with van der Waals surface area (Å²) in [5.74, 6) is -2.76. The predicted octanol–water partition coefficient (Wildman–Crippen LogP) is 0.571. The lowest BCUT2D eigenvalue weighted by atomic mass is 10.2. The van der Waals surface area contributed by atoms with Crippen LogP contribution in [-0.4, -0.2) is 36.1 Å². The van der Waals surface area contributed by atoms with E-state index in [0.717, 1.165) is 25.7 Å². The molecule has 82 valence electrons. The highest BCUT2D eigenvalue weighted by Gasteiger charge is 2.38. The lowest BCUT2D eigenvalue weighted by Crippen LogP contribution is -2.21. The number of carboxylic acids is 1. The van der Waals surface area contributed by atoms with Crippen molar-refractivity contribution in [3.8, 4) is 0 Å². The normalized spacial score (nSPS) is 20.9. The van der Waals surface area contributed by atoms with E-state index < -0.39 is 12.1 Å². The molecule has 1 saturated heterocycles. The summed E-state index contributed by atoms with van der Waals surface area (Å²) in [5, 5.41) is 10.2. The standard InChI is InChI=1S/C5H9NO.C2HF3O2/c7-4-5-2-1-3-6-5;3-2(4,5)1(6)7/h4-6H,1-3H2;(H,6,7). The highest BCUT2D eigenvalue weighted by Crippen LogP contribution is 2.13. The molecule has 0 radical (unpaired) electrons. The van der Waals surface area contributed by atoms with Gasteiger partial charge in [-0.15, -0.1) is 0 Å². The Balaban J connectivity index is 0.000000241. The third kappa shape index (κ3) is 5.52. The number of hydrogen-bond acceptors (Lipinski definition) is 3. The molecule has 1 aliphatic heterocycles. The molecule has 1 aliphatic rings. The molecule has 1 heterocycles. The zero-order valence-corrected chi connectivity index (χ0v) is 7.17. The molecule has 0 aromatic carbocycles. The van der Waals surface area contributed by atoms with Crippen LogP contribution in [0.15, 0.2) is 0 Å². The molecule has 1 unspecified atom stereocenters. The largest absolute Gasteiger partial charge is 0.490 e.